The van der Waals surface area contributed by atoms with Gasteiger partial charge >= 0.3 is 0 Å². The van der Waals surface area contributed by atoms with Crippen molar-refractivity contribution in [2.45, 2.75) is 13.3 Å². The van der Waals surface area contributed by atoms with Crippen molar-refractivity contribution in [3.8, 4) is 0 Å². The molecule has 0 bridgehead atoms. The van der Waals surface area contributed by atoms with Gasteiger partial charge in [0.15, 0.2) is 5.78 Å². The van der Waals surface area contributed by atoms with Crippen LogP contribution in [0.15, 0.2) is 40.9 Å². The zero-order chi connectivity index (χ0) is 14.0. The topological polar surface area (TPSA) is 17.1 Å². The molecule has 0 fully saturated rings. The number of rotatable bonds is 3. The Hall–Kier alpha value is -0.750. The van der Waals surface area contributed by atoms with E-state index in [1.54, 1.807) is 12.1 Å². The fraction of sp³-hybridized carbons (Fsp3) is 0.133. The van der Waals surface area contributed by atoms with E-state index in [4.69, 9.17) is 0 Å². The first kappa shape index (κ1) is 14.7. The number of hydrogen-bond acceptors (Lipinski definition) is 1. The van der Waals surface area contributed by atoms with Crippen molar-refractivity contribution in [2.24, 2.45) is 0 Å². The molecule has 0 radical (unpaired) electrons. The van der Waals surface area contributed by atoms with E-state index in [1.165, 1.54) is 12.1 Å². The largest absolute Gasteiger partial charge is 0.294 e. The molecule has 2 aromatic carbocycles. The Kier molecular flexibility index (Phi) is 4.73. The van der Waals surface area contributed by atoms with Crippen LogP contribution in [0.25, 0.3) is 0 Å². The molecule has 0 saturated heterocycles. The molecule has 0 aliphatic heterocycles. The van der Waals surface area contributed by atoms with Gasteiger partial charge < -0.3 is 0 Å². The lowest BCUT2D eigenvalue weighted by Crippen LogP contribution is -2.07. The Labute approximate surface area is 133 Å². The van der Waals surface area contributed by atoms with E-state index in [0.29, 0.717) is 5.56 Å². The summed E-state index contributed by atoms with van der Waals surface area (Å²) in [5.41, 5.74) is 2.33. The molecule has 0 spiro atoms. The van der Waals surface area contributed by atoms with Gasteiger partial charge in [-0.05, 0) is 71.0 Å². The van der Waals surface area contributed by atoms with E-state index >= 15 is 0 Å². The summed E-state index contributed by atoms with van der Waals surface area (Å²) in [4.78, 5) is 12.3. The minimum Gasteiger partial charge on any atom is -0.294 e. The van der Waals surface area contributed by atoms with E-state index in [0.717, 1.165) is 19.2 Å². The molecule has 0 saturated carbocycles. The third-order valence-corrected chi connectivity index (χ3v) is 4.32. The van der Waals surface area contributed by atoms with Crippen LogP contribution in [0.2, 0.25) is 0 Å². The van der Waals surface area contributed by atoms with Gasteiger partial charge in [0.25, 0.3) is 0 Å². The molecule has 0 N–H and O–H groups in total. The lowest BCUT2D eigenvalue weighted by atomic mass is 9.99. The molecule has 0 unspecified atom stereocenters. The highest BCUT2D eigenvalue weighted by Gasteiger charge is 2.13. The summed E-state index contributed by atoms with van der Waals surface area (Å²) < 4.78 is 15.0. The van der Waals surface area contributed by atoms with E-state index in [9.17, 15) is 9.18 Å². The molecule has 4 heteroatoms. The van der Waals surface area contributed by atoms with Crippen molar-refractivity contribution in [3.05, 3.63) is 66.9 Å². The highest BCUT2D eigenvalue weighted by Crippen LogP contribution is 2.21. The Morgan fingerprint density at radius 1 is 1.26 bits per heavy atom. The van der Waals surface area contributed by atoms with E-state index in [2.05, 4.69) is 38.5 Å². The first-order valence-corrected chi connectivity index (χ1v) is 7.58. The third-order valence-electron chi connectivity index (χ3n) is 2.89. The fourth-order valence-electron chi connectivity index (χ4n) is 1.81. The normalized spacial score (nSPS) is 10.5. The van der Waals surface area contributed by atoms with Gasteiger partial charge in [-0.15, -0.1) is 0 Å². The van der Waals surface area contributed by atoms with Crippen molar-refractivity contribution in [1.29, 1.82) is 0 Å². The van der Waals surface area contributed by atoms with Gasteiger partial charge in [0.05, 0.1) is 0 Å². The van der Waals surface area contributed by atoms with Crippen LogP contribution in [-0.4, -0.2) is 5.78 Å². The molecule has 0 aliphatic carbocycles. The van der Waals surface area contributed by atoms with Crippen molar-refractivity contribution < 1.29 is 9.18 Å². The molecule has 19 heavy (non-hydrogen) atoms. The van der Waals surface area contributed by atoms with Crippen LogP contribution in [0.5, 0.6) is 0 Å². The van der Waals surface area contributed by atoms with Gasteiger partial charge in [0, 0.05) is 20.0 Å². The van der Waals surface area contributed by atoms with Crippen LogP contribution in [0.4, 0.5) is 4.39 Å². The van der Waals surface area contributed by atoms with E-state index in [-0.39, 0.29) is 18.0 Å². The average molecular weight is 433 g/mol. The van der Waals surface area contributed by atoms with Crippen molar-refractivity contribution in [3.63, 3.8) is 0 Å². The van der Waals surface area contributed by atoms with Gasteiger partial charge in [-0.25, -0.2) is 4.39 Å². The maximum absolute atomic E-state index is 13.2. The van der Waals surface area contributed by atoms with E-state index < -0.39 is 0 Å². The molecule has 0 aromatic heterocycles. The monoisotopic (exact) mass is 432 g/mol. The number of aryl methyl sites for hydroxylation is 1. The van der Waals surface area contributed by atoms with Gasteiger partial charge in [-0.1, -0.05) is 22.0 Å². The first-order valence-electron chi connectivity index (χ1n) is 5.70. The lowest BCUT2D eigenvalue weighted by Gasteiger charge is -2.07. The van der Waals surface area contributed by atoms with Crippen LogP contribution < -0.4 is 0 Å². The summed E-state index contributed by atoms with van der Waals surface area (Å²) in [5, 5.41) is 0. The quantitative estimate of drug-likeness (QED) is 0.496. The van der Waals surface area contributed by atoms with E-state index in [1.807, 2.05) is 19.1 Å². The Morgan fingerprint density at radius 2 is 2.00 bits per heavy atom. The minimum atomic E-state index is -0.308. The predicted molar refractivity (Wildman–Crippen MR) is 86.0 cm³/mol. The van der Waals surface area contributed by atoms with Crippen LogP contribution in [0, 0.1) is 16.3 Å². The minimum absolute atomic E-state index is 0.000556. The second-order valence-electron chi connectivity index (χ2n) is 4.29. The predicted octanol–water partition coefficient (Wildman–Crippen LogP) is 4.93. The smallest absolute Gasteiger partial charge is 0.168 e. The van der Waals surface area contributed by atoms with Gasteiger partial charge in [0.2, 0.25) is 0 Å². The summed E-state index contributed by atoms with van der Waals surface area (Å²) in [6, 6.07) is 10.1. The summed E-state index contributed by atoms with van der Waals surface area (Å²) in [5.74, 6) is -0.309. The summed E-state index contributed by atoms with van der Waals surface area (Å²) in [6.45, 7) is 1.88. The zero-order valence-electron chi connectivity index (χ0n) is 10.2. The average Bonchev–Trinajstić information content (AvgIpc) is 2.36. The molecule has 0 aliphatic rings. The fourth-order valence-corrected chi connectivity index (χ4v) is 2.81. The lowest BCUT2D eigenvalue weighted by molar-refractivity contribution is 0.0992. The highest BCUT2D eigenvalue weighted by atomic mass is 127. The number of carbonyl (C=O) groups excluding carboxylic acids is 1. The number of carbonyl (C=O) groups is 1. The summed E-state index contributed by atoms with van der Waals surface area (Å²) in [6.07, 6.45) is 0.218. The number of hydrogen-bond donors (Lipinski definition) is 0. The summed E-state index contributed by atoms with van der Waals surface area (Å²) in [7, 11) is 0. The van der Waals surface area contributed by atoms with Crippen LogP contribution in [0.1, 0.15) is 21.5 Å². The van der Waals surface area contributed by atoms with Crippen molar-refractivity contribution >= 4 is 44.3 Å². The Balaban J connectivity index is 2.30. The molecule has 1 nitrogen and oxygen atoms in total. The number of ketones is 1. The van der Waals surface area contributed by atoms with Crippen molar-refractivity contribution in [1.82, 2.24) is 0 Å². The van der Waals surface area contributed by atoms with Gasteiger partial charge in [-0.2, -0.15) is 0 Å². The highest BCUT2D eigenvalue weighted by molar-refractivity contribution is 14.1. The molecular weight excluding hydrogens is 422 g/mol. The van der Waals surface area contributed by atoms with Gasteiger partial charge in [0.1, 0.15) is 5.82 Å². The number of halogens is 3. The molecule has 0 amide bonds. The van der Waals surface area contributed by atoms with Crippen LogP contribution in [-0.2, 0) is 6.42 Å². The van der Waals surface area contributed by atoms with Crippen LogP contribution >= 0.6 is 38.5 Å². The third kappa shape index (κ3) is 3.63. The number of Topliss-reactive ketones (excluding diaryl/α,β-unsaturated/α-hetero) is 1. The second-order valence-corrected chi connectivity index (χ2v) is 6.37. The summed E-state index contributed by atoms with van der Waals surface area (Å²) >= 11 is 5.50. The Morgan fingerprint density at radius 3 is 2.74 bits per heavy atom. The standard InChI is InChI=1S/C15H11BrFIO/c1-9-2-4-12(17)6-10(9)7-15(19)13-8-11(16)3-5-14(13)18/h2-6,8H,7H2,1H3. The zero-order valence-corrected chi connectivity index (χ0v) is 14.0. The number of benzene rings is 2. The van der Waals surface area contributed by atoms with Crippen LogP contribution in [0.3, 0.4) is 0 Å². The molecule has 2 rings (SSSR count). The SMILES string of the molecule is Cc1ccc(F)cc1CC(=O)c1cc(Br)ccc1I. The Bertz CT molecular complexity index is 640. The maximum atomic E-state index is 13.2. The molecule has 0 atom stereocenters. The molecule has 2 aromatic rings. The molecule has 98 valence electrons. The van der Waals surface area contributed by atoms with Crippen molar-refractivity contribution in [2.75, 3.05) is 0 Å². The first-order chi connectivity index (χ1) is 8.97. The second kappa shape index (κ2) is 6.13. The maximum Gasteiger partial charge on any atom is 0.168 e. The molecular formula is C15H11BrFIO. The molecule has 0 heterocycles. The van der Waals surface area contributed by atoms with Gasteiger partial charge in [-0.3, -0.25) is 4.79 Å².